The predicted molar refractivity (Wildman–Crippen MR) is 122 cm³/mol. The summed E-state index contributed by atoms with van der Waals surface area (Å²) < 4.78 is 53.9. The highest BCUT2D eigenvalue weighted by Crippen LogP contribution is 2.37. The number of fused-ring (bicyclic) bond motifs is 1. The van der Waals surface area contributed by atoms with Crippen molar-refractivity contribution in [3.63, 3.8) is 0 Å². The Bertz CT molecular complexity index is 1520. The van der Waals surface area contributed by atoms with E-state index in [-0.39, 0.29) is 30.6 Å². The lowest BCUT2D eigenvalue weighted by Crippen LogP contribution is -2.36. The lowest BCUT2D eigenvalue weighted by Gasteiger charge is -2.18. The maximum Gasteiger partial charge on any atom is 0.241 e. The number of primary sulfonamides is 1. The number of sulfonamides is 2. The number of aromatic amines is 1. The third-order valence-electron chi connectivity index (χ3n) is 4.78. The molecule has 0 amide bonds. The van der Waals surface area contributed by atoms with Gasteiger partial charge in [0.05, 0.1) is 16.6 Å². The molecule has 1 aromatic heterocycles. The first-order valence-corrected chi connectivity index (χ1v) is 12.6. The predicted octanol–water partition coefficient (Wildman–Crippen LogP) is 0.255. The van der Waals surface area contributed by atoms with Crippen LogP contribution in [0.4, 0.5) is 5.95 Å². The molecule has 1 aliphatic heterocycles. The number of nitrogens with two attached hydrogens (primary N) is 3. The SMILES string of the molecule is C[C@H](N)CNS(=O)(=O)c1ccc(-c2cccc3[nH]c(N)nc23)c(C2=NCN=N2)c1S(N)(=O)=O. The van der Waals surface area contributed by atoms with Crippen molar-refractivity contribution in [2.24, 2.45) is 26.1 Å². The van der Waals surface area contributed by atoms with Gasteiger partial charge in [0.25, 0.3) is 0 Å². The second-order valence-corrected chi connectivity index (χ2v) is 10.6. The number of H-pyrrole nitrogens is 1. The summed E-state index contributed by atoms with van der Waals surface area (Å²) in [5, 5.41) is 13.2. The van der Waals surface area contributed by atoms with Crippen LogP contribution in [0.5, 0.6) is 0 Å². The molecule has 0 unspecified atom stereocenters. The Morgan fingerprint density at radius 1 is 1.15 bits per heavy atom. The molecule has 1 aliphatic rings. The maximum atomic E-state index is 13.0. The van der Waals surface area contributed by atoms with Crippen molar-refractivity contribution in [1.82, 2.24) is 14.7 Å². The molecule has 15 heteroatoms. The molecule has 8 N–H and O–H groups in total. The van der Waals surface area contributed by atoms with Crippen LogP contribution in [0, 0.1) is 0 Å². The average molecular weight is 492 g/mol. The first kappa shape index (κ1) is 22.9. The fraction of sp³-hybridized carbons (Fsp3) is 0.222. The average Bonchev–Trinajstić information content (AvgIpc) is 3.39. The van der Waals surface area contributed by atoms with E-state index in [2.05, 4.69) is 29.9 Å². The fourth-order valence-corrected chi connectivity index (χ4v) is 6.19. The van der Waals surface area contributed by atoms with Gasteiger partial charge in [-0.2, -0.15) is 5.11 Å². The molecular weight excluding hydrogens is 470 g/mol. The van der Waals surface area contributed by atoms with Crippen LogP contribution < -0.4 is 21.3 Å². The van der Waals surface area contributed by atoms with Crippen LogP contribution in [0.3, 0.4) is 0 Å². The summed E-state index contributed by atoms with van der Waals surface area (Å²) in [7, 11) is -8.90. The number of nitrogen functional groups attached to an aromatic ring is 1. The minimum Gasteiger partial charge on any atom is -0.369 e. The van der Waals surface area contributed by atoms with Crippen LogP contribution in [-0.4, -0.2) is 51.9 Å². The topological polar surface area (TPSA) is 224 Å². The van der Waals surface area contributed by atoms with Crippen molar-refractivity contribution in [3.8, 4) is 11.1 Å². The number of imidazole rings is 1. The zero-order chi connectivity index (χ0) is 24.0. The molecule has 0 saturated heterocycles. The van der Waals surface area contributed by atoms with Gasteiger partial charge < -0.3 is 16.5 Å². The first-order chi connectivity index (χ1) is 15.5. The molecule has 1 atom stereocenters. The van der Waals surface area contributed by atoms with Gasteiger partial charge in [-0.05, 0) is 24.6 Å². The molecule has 0 aliphatic carbocycles. The van der Waals surface area contributed by atoms with Crippen molar-refractivity contribution in [2.75, 3.05) is 18.9 Å². The third kappa shape index (κ3) is 4.36. The number of nitrogens with one attached hydrogen (secondary N) is 2. The number of hydrogen-bond acceptors (Lipinski definition) is 10. The van der Waals surface area contributed by atoms with Crippen molar-refractivity contribution < 1.29 is 16.8 Å². The number of anilines is 1. The molecule has 33 heavy (non-hydrogen) atoms. The van der Waals surface area contributed by atoms with E-state index in [9.17, 15) is 16.8 Å². The van der Waals surface area contributed by atoms with E-state index in [1.165, 1.54) is 6.07 Å². The number of nitrogens with zero attached hydrogens (tertiary/aromatic N) is 4. The summed E-state index contributed by atoms with van der Waals surface area (Å²) in [5.41, 5.74) is 13.1. The zero-order valence-corrected chi connectivity index (χ0v) is 19.0. The number of para-hydroxylation sites is 1. The van der Waals surface area contributed by atoms with Crippen LogP contribution in [0.2, 0.25) is 0 Å². The molecule has 0 fully saturated rings. The number of azo groups is 1. The number of aromatic nitrogens is 2. The molecule has 3 aromatic rings. The van der Waals surface area contributed by atoms with Crippen LogP contribution in [0.15, 0.2) is 55.3 Å². The third-order valence-corrected chi connectivity index (χ3v) is 7.37. The Balaban J connectivity index is 2.09. The lowest BCUT2D eigenvalue weighted by molar-refractivity contribution is 0.567. The minimum absolute atomic E-state index is 0.0434. The highest BCUT2D eigenvalue weighted by molar-refractivity contribution is 7.92. The zero-order valence-electron chi connectivity index (χ0n) is 17.3. The summed E-state index contributed by atoms with van der Waals surface area (Å²) in [5.74, 6) is 0.0849. The standard InChI is InChI=1S/C18H21N9O4S2/c1-9(19)7-24-33(30,31)13-6-5-10(11-3-2-4-12-15(11)26-18(20)25-12)14(16(13)32(21,28)29)17-22-8-23-27-17/h2-6,9,24H,7-8,19H2,1H3,(H3,20,25,26)(H2,21,28,29)/t9-/m0/s1. The first-order valence-electron chi connectivity index (χ1n) is 9.61. The van der Waals surface area contributed by atoms with Gasteiger partial charge in [0, 0.05) is 18.2 Å². The minimum atomic E-state index is -4.59. The largest absolute Gasteiger partial charge is 0.369 e. The van der Waals surface area contributed by atoms with Gasteiger partial charge >= 0.3 is 0 Å². The number of amidine groups is 1. The number of hydrogen-bond donors (Lipinski definition) is 5. The Kier molecular flexibility index (Phi) is 5.75. The molecule has 0 radical (unpaired) electrons. The highest BCUT2D eigenvalue weighted by Gasteiger charge is 2.33. The van der Waals surface area contributed by atoms with Crippen molar-refractivity contribution in [2.45, 2.75) is 22.8 Å². The van der Waals surface area contributed by atoms with Crippen molar-refractivity contribution in [3.05, 3.63) is 35.9 Å². The quantitative estimate of drug-likeness (QED) is 0.309. The molecule has 174 valence electrons. The van der Waals surface area contributed by atoms with Crippen LogP contribution in [-0.2, 0) is 20.0 Å². The summed E-state index contributed by atoms with van der Waals surface area (Å²) in [6, 6.07) is 7.23. The summed E-state index contributed by atoms with van der Waals surface area (Å²) in [6.07, 6.45) is 0. The lowest BCUT2D eigenvalue weighted by atomic mass is 9.97. The van der Waals surface area contributed by atoms with E-state index < -0.39 is 35.9 Å². The second-order valence-electron chi connectivity index (χ2n) is 7.38. The second kappa shape index (κ2) is 8.27. The normalized spacial score (nSPS) is 15.2. The summed E-state index contributed by atoms with van der Waals surface area (Å²) in [4.78, 5) is 10.1. The smallest absolute Gasteiger partial charge is 0.241 e. The van der Waals surface area contributed by atoms with E-state index in [0.29, 0.717) is 22.2 Å². The molecular formula is C18H21N9O4S2. The van der Waals surface area contributed by atoms with E-state index in [1.54, 1.807) is 25.1 Å². The van der Waals surface area contributed by atoms with Gasteiger partial charge in [0.1, 0.15) is 9.79 Å². The van der Waals surface area contributed by atoms with Crippen molar-refractivity contribution >= 4 is 42.9 Å². The van der Waals surface area contributed by atoms with Crippen LogP contribution in [0.25, 0.3) is 22.2 Å². The van der Waals surface area contributed by atoms with Crippen LogP contribution in [0.1, 0.15) is 12.5 Å². The number of benzene rings is 2. The van der Waals surface area contributed by atoms with E-state index >= 15 is 0 Å². The van der Waals surface area contributed by atoms with E-state index in [4.69, 9.17) is 16.6 Å². The van der Waals surface area contributed by atoms with Gasteiger partial charge in [-0.3, -0.25) is 0 Å². The molecule has 2 heterocycles. The highest BCUT2D eigenvalue weighted by atomic mass is 32.2. The van der Waals surface area contributed by atoms with Gasteiger partial charge in [-0.25, -0.2) is 36.7 Å². The van der Waals surface area contributed by atoms with Gasteiger partial charge in [0.2, 0.25) is 20.0 Å². The Hall–Kier alpha value is -3.24. The summed E-state index contributed by atoms with van der Waals surface area (Å²) >= 11 is 0. The van der Waals surface area contributed by atoms with E-state index in [0.717, 1.165) is 6.07 Å². The van der Waals surface area contributed by atoms with Crippen LogP contribution >= 0.6 is 0 Å². The molecule has 0 spiro atoms. The molecule has 0 bridgehead atoms. The number of aliphatic imine (C=N–C) groups is 1. The molecule has 0 saturated carbocycles. The van der Waals surface area contributed by atoms with Gasteiger partial charge in [0.15, 0.2) is 18.5 Å². The fourth-order valence-electron chi connectivity index (χ4n) is 3.45. The Labute approximate surface area is 189 Å². The van der Waals surface area contributed by atoms with Gasteiger partial charge in [-0.15, -0.1) is 5.11 Å². The van der Waals surface area contributed by atoms with Crippen molar-refractivity contribution in [1.29, 1.82) is 0 Å². The molecule has 4 rings (SSSR count). The van der Waals surface area contributed by atoms with Gasteiger partial charge in [-0.1, -0.05) is 18.2 Å². The van der Waals surface area contributed by atoms with E-state index in [1.807, 2.05) is 0 Å². The Morgan fingerprint density at radius 3 is 2.55 bits per heavy atom. The summed E-state index contributed by atoms with van der Waals surface area (Å²) in [6.45, 7) is 1.44. The number of rotatable bonds is 7. The maximum absolute atomic E-state index is 13.0. The molecule has 13 nitrogen and oxygen atoms in total. The molecule has 2 aromatic carbocycles. The monoisotopic (exact) mass is 491 g/mol. The Morgan fingerprint density at radius 2 is 1.91 bits per heavy atom.